The van der Waals surface area contributed by atoms with Gasteiger partial charge >= 0.3 is 0 Å². The van der Waals surface area contributed by atoms with E-state index in [1.165, 1.54) is 30.2 Å². The number of benzene rings is 1. The maximum Gasteiger partial charge on any atom is 0.236 e. The lowest BCUT2D eigenvalue weighted by Gasteiger charge is -2.17. The third-order valence-corrected chi connectivity index (χ3v) is 6.60. The summed E-state index contributed by atoms with van der Waals surface area (Å²) in [6.45, 7) is 6.05. The Balaban J connectivity index is 1.28. The molecule has 2 aromatic heterocycles. The highest BCUT2D eigenvalue weighted by Crippen LogP contribution is 2.41. The van der Waals surface area contributed by atoms with Crippen molar-refractivity contribution < 1.29 is 4.79 Å². The van der Waals surface area contributed by atoms with E-state index in [1.807, 2.05) is 44.2 Å². The minimum atomic E-state index is -0.0775. The average Bonchev–Trinajstić information content (AvgIpc) is 3.14. The van der Waals surface area contributed by atoms with Crippen LogP contribution in [0.2, 0.25) is 0 Å². The van der Waals surface area contributed by atoms with Crippen LogP contribution in [0.3, 0.4) is 0 Å². The van der Waals surface area contributed by atoms with Crippen LogP contribution in [-0.4, -0.2) is 49.3 Å². The number of thioether (sulfide) groups is 1. The molecule has 1 saturated heterocycles. The van der Waals surface area contributed by atoms with Gasteiger partial charge in [0.1, 0.15) is 5.82 Å². The van der Waals surface area contributed by atoms with Crippen molar-refractivity contribution in [2.24, 2.45) is 0 Å². The number of hydrogen-bond donors (Lipinski definition) is 1. The molecule has 1 aliphatic carbocycles. The number of amides is 1. The maximum absolute atomic E-state index is 12.8. The third-order valence-electron chi connectivity index (χ3n) is 5.66. The number of aryl methyl sites for hydroxylation is 2. The number of carbonyl (C=O) groups is 1. The molecule has 1 saturated carbocycles. The molecule has 0 bridgehead atoms. The number of aromatic nitrogens is 5. The molecule has 0 spiro atoms. The van der Waals surface area contributed by atoms with Crippen LogP contribution >= 0.6 is 11.8 Å². The first-order valence-corrected chi connectivity index (χ1v) is 11.8. The fourth-order valence-corrected chi connectivity index (χ4v) is 4.73. The van der Waals surface area contributed by atoms with Gasteiger partial charge in [0.2, 0.25) is 11.9 Å². The van der Waals surface area contributed by atoms with Gasteiger partial charge in [0.05, 0.1) is 17.1 Å². The number of nitrogens with zero attached hydrogens (tertiary/aromatic N) is 6. The quantitative estimate of drug-likeness (QED) is 0.567. The molecule has 0 unspecified atom stereocenters. The third kappa shape index (κ3) is 4.32. The van der Waals surface area contributed by atoms with Crippen LogP contribution in [-0.2, 0) is 4.79 Å². The zero-order valence-electron chi connectivity index (χ0n) is 17.9. The molecule has 31 heavy (non-hydrogen) atoms. The lowest BCUT2D eigenvalue weighted by atomic mass is 10.2. The Morgan fingerprint density at radius 1 is 1.13 bits per heavy atom. The number of rotatable bonds is 7. The van der Waals surface area contributed by atoms with E-state index < -0.39 is 0 Å². The highest BCUT2D eigenvalue weighted by molar-refractivity contribution is 7.99. The summed E-state index contributed by atoms with van der Waals surface area (Å²) >= 11 is 1.45. The molecule has 5 rings (SSSR count). The summed E-state index contributed by atoms with van der Waals surface area (Å²) in [4.78, 5) is 15.1. The Labute approximate surface area is 186 Å². The van der Waals surface area contributed by atoms with Crippen LogP contribution in [0.5, 0.6) is 0 Å². The van der Waals surface area contributed by atoms with E-state index in [0.29, 0.717) is 11.9 Å². The molecule has 0 radical (unpaired) electrons. The van der Waals surface area contributed by atoms with Gasteiger partial charge in [-0.3, -0.25) is 9.36 Å². The summed E-state index contributed by atoms with van der Waals surface area (Å²) in [5.74, 6) is 1.85. The molecule has 0 atom stereocenters. The number of nitrogens with one attached hydrogen (secondary N) is 1. The van der Waals surface area contributed by atoms with Gasteiger partial charge < -0.3 is 10.2 Å². The first-order valence-electron chi connectivity index (χ1n) is 10.8. The summed E-state index contributed by atoms with van der Waals surface area (Å²) in [7, 11) is 0. The molecule has 1 N–H and O–H groups in total. The smallest absolute Gasteiger partial charge is 0.236 e. The van der Waals surface area contributed by atoms with Crippen molar-refractivity contribution in [2.75, 3.05) is 29.1 Å². The number of anilines is 2. The molecular formula is C22H27N7OS. The molecule has 3 heterocycles. The predicted molar refractivity (Wildman–Crippen MR) is 122 cm³/mol. The summed E-state index contributed by atoms with van der Waals surface area (Å²) in [6, 6.07) is 10.4. The Kier molecular flexibility index (Phi) is 5.43. The van der Waals surface area contributed by atoms with E-state index in [-0.39, 0.29) is 11.7 Å². The Morgan fingerprint density at radius 2 is 1.87 bits per heavy atom. The Bertz CT molecular complexity index is 1080. The second kappa shape index (κ2) is 8.37. The molecule has 1 aliphatic heterocycles. The van der Waals surface area contributed by atoms with Crippen molar-refractivity contribution in [1.82, 2.24) is 24.5 Å². The lowest BCUT2D eigenvalue weighted by Crippen LogP contribution is -2.22. The molecule has 3 aromatic rings. The zero-order chi connectivity index (χ0) is 21.4. The maximum atomic E-state index is 12.8. The van der Waals surface area contributed by atoms with Crippen molar-refractivity contribution in [3.05, 3.63) is 41.6 Å². The van der Waals surface area contributed by atoms with Crippen molar-refractivity contribution in [3.8, 4) is 5.69 Å². The summed E-state index contributed by atoms with van der Waals surface area (Å²) < 4.78 is 4.01. The van der Waals surface area contributed by atoms with Crippen molar-refractivity contribution >= 4 is 29.4 Å². The van der Waals surface area contributed by atoms with E-state index in [1.54, 1.807) is 4.68 Å². The van der Waals surface area contributed by atoms with Crippen molar-refractivity contribution in [1.29, 1.82) is 0 Å². The summed E-state index contributed by atoms with van der Waals surface area (Å²) in [5, 5.41) is 17.3. The van der Waals surface area contributed by atoms with Gasteiger partial charge in [0.15, 0.2) is 5.16 Å². The molecule has 2 fully saturated rings. The van der Waals surface area contributed by atoms with Gasteiger partial charge in [-0.15, -0.1) is 10.2 Å². The van der Waals surface area contributed by atoms with Crippen LogP contribution in [0.4, 0.5) is 11.8 Å². The Hall–Kier alpha value is -2.81. The van der Waals surface area contributed by atoms with E-state index in [9.17, 15) is 4.79 Å². The first-order chi connectivity index (χ1) is 15.1. The lowest BCUT2D eigenvalue weighted by molar-refractivity contribution is -0.113. The fourth-order valence-electron chi connectivity index (χ4n) is 3.93. The van der Waals surface area contributed by atoms with Gasteiger partial charge in [0, 0.05) is 25.2 Å². The standard InChI is InChI=1S/C22H27N7OS/c1-15-5-7-18(8-6-15)29-19(13-16(2)26-29)23-20(30)14-31-22-25-24-21(27-11-3-4-12-27)28(22)17-9-10-17/h5-8,13,17H,3-4,9-12,14H2,1-2H3,(H,23,30). The van der Waals surface area contributed by atoms with Crippen molar-refractivity contribution in [2.45, 2.75) is 50.7 Å². The fraction of sp³-hybridized carbons (Fsp3) is 0.455. The minimum Gasteiger partial charge on any atom is -0.341 e. The van der Waals surface area contributed by atoms with Gasteiger partial charge in [-0.1, -0.05) is 29.5 Å². The van der Waals surface area contributed by atoms with Gasteiger partial charge in [-0.05, 0) is 51.7 Å². The van der Waals surface area contributed by atoms with Crippen LogP contribution in [0.1, 0.15) is 43.0 Å². The SMILES string of the molecule is Cc1ccc(-n2nc(C)cc2NC(=O)CSc2nnc(N3CCCC3)n2C2CC2)cc1. The van der Waals surface area contributed by atoms with Crippen LogP contribution in [0.15, 0.2) is 35.5 Å². The largest absolute Gasteiger partial charge is 0.341 e. The van der Waals surface area contributed by atoms with Gasteiger partial charge in [0.25, 0.3) is 0 Å². The molecule has 2 aliphatic rings. The van der Waals surface area contributed by atoms with Gasteiger partial charge in [-0.2, -0.15) is 5.10 Å². The minimum absolute atomic E-state index is 0.0775. The van der Waals surface area contributed by atoms with E-state index >= 15 is 0 Å². The molecule has 1 amide bonds. The van der Waals surface area contributed by atoms with Gasteiger partial charge in [-0.25, -0.2) is 4.68 Å². The van der Waals surface area contributed by atoms with E-state index in [2.05, 4.69) is 30.1 Å². The normalized spacial score (nSPS) is 16.1. The summed E-state index contributed by atoms with van der Waals surface area (Å²) in [6.07, 6.45) is 4.73. The van der Waals surface area contributed by atoms with Crippen LogP contribution in [0, 0.1) is 13.8 Å². The second-order valence-electron chi connectivity index (χ2n) is 8.33. The van der Waals surface area contributed by atoms with Crippen LogP contribution < -0.4 is 10.2 Å². The molecule has 9 heteroatoms. The highest BCUT2D eigenvalue weighted by Gasteiger charge is 2.32. The average molecular weight is 438 g/mol. The predicted octanol–water partition coefficient (Wildman–Crippen LogP) is 3.75. The Morgan fingerprint density at radius 3 is 2.58 bits per heavy atom. The first kappa shape index (κ1) is 20.1. The van der Waals surface area contributed by atoms with E-state index in [0.717, 1.165) is 48.4 Å². The summed E-state index contributed by atoms with van der Waals surface area (Å²) in [5.41, 5.74) is 2.96. The molecule has 1 aromatic carbocycles. The highest BCUT2D eigenvalue weighted by atomic mass is 32.2. The topological polar surface area (TPSA) is 80.9 Å². The second-order valence-corrected chi connectivity index (χ2v) is 9.28. The zero-order valence-corrected chi connectivity index (χ0v) is 18.7. The monoisotopic (exact) mass is 437 g/mol. The molecule has 8 nitrogen and oxygen atoms in total. The van der Waals surface area contributed by atoms with E-state index in [4.69, 9.17) is 0 Å². The van der Waals surface area contributed by atoms with Crippen molar-refractivity contribution in [3.63, 3.8) is 0 Å². The van der Waals surface area contributed by atoms with Crippen LogP contribution in [0.25, 0.3) is 5.69 Å². The molecule has 162 valence electrons. The molecular weight excluding hydrogens is 410 g/mol. The number of hydrogen-bond acceptors (Lipinski definition) is 6. The number of carbonyl (C=O) groups excluding carboxylic acids is 1.